The molecule has 0 N–H and O–H groups in total. The third-order valence-electron chi connectivity index (χ3n) is 5.74. The highest BCUT2D eigenvalue weighted by Gasteiger charge is 2.38. The lowest BCUT2D eigenvalue weighted by Crippen LogP contribution is -2.49. The Morgan fingerprint density at radius 2 is 1.95 bits per heavy atom. The molecule has 0 amide bonds. The third-order valence-corrected chi connectivity index (χ3v) is 5.74. The van der Waals surface area contributed by atoms with Crippen molar-refractivity contribution in [1.82, 2.24) is 4.90 Å². The summed E-state index contributed by atoms with van der Waals surface area (Å²) in [5, 5.41) is 0. The minimum Gasteiger partial charge on any atom is -0.303 e. The minimum absolute atomic E-state index is 0.372. The number of hydrogen-bond acceptors (Lipinski definition) is 1. The molecule has 0 radical (unpaired) electrons. The first-order valence-electron chi connectivity index (χ1n) is 7.96. The van der Waals surface area contributed by atoms with E-state index in [0.29, 0.717) is 5.41 Å². The van der Waals surface area contributed by atoms with E-state index in [4.69, 9.17) is 0 Å². The molecule has 104 valence electrons. The van der Waals surface area contributed by atoms with Crippen molar-refractivity contribution in [3.05, 3.63) is 35.9 Å². The van der Waals surface area contributed by atoms with E-state index >= 15 is 0 Å². The highest BCUT2D eigenvalue weighted by molar-refractivity contribution is 5.26. The average molecular weight is 257 g/mol. The van der Waals surface area contributed by atoms with Crippen molar-refractivity contribution in [2.75, 3.05) is 19.6 Å². The number of likely N-dealkylation sites (tertiary alicyclic amines) is 1. The molecule has 3 rings (SSSR count). The van der Waals surface area contributed by atoms with E-state index in [1.165, 1.54) is 50.9 Å². The summed E-state index contributed by atoms with van der Waals surface area (Å²) in [6, 6.07) is 11.1. The van der Waals surface area contributed by atoms with Crippen LogP contribution in [0.4, 0.5) is 0 Å². The lowest BCUT2D eigenvalue weighted by Gasteiger charge is -2.46. The number of nitrogens with zero attached hydrogens (tertiary/aromatic N) is 1. The molecule has 1 nitrogen and oxygen atoms in total. The van der Waals surface area contributed by atoms with Crippen LogP contribution >= 0.6 is 0 Å². The van der Waals surface area contributed by atoms with E-state index in [1.54, 1.807) is 0 Å². The molecule has 1 heterocycles. The van der Waals surface area contributed by atoms with Gasteiger partial charge in [0.25, 0.3) is 0 Å². The van der Waals surface area contributed by atoms with Gasteiger partial charge in [0.2, 0.25) is 0 Å². The van der Waals surface area contributed by atoms with Crippen molar-refractivity contribution < 1.29 is 0 Å². The summed E-state index contributed by atoms with van der Waals surface area (Å²) in [6.45, 7) is 8.83. The second-order valence-corrected chi connectivity index (χ2v) is 6.99. The predicted octanol–water partition coefficient (Wildman–Crippen LogP) is 4.09. The molecule has 1 aliphatic heterocycles. The van der Waals surface area contributed by atoms with Crippen LogP contribution in [0.3, 0.4) is 0 Å². The Balaban J connectivity index is 1.66. The standard InChI is InChI=1S/C18H27N/c1-15-13-19(14-16-7-6-8-16)12-11-18(15,2)17-9-4-3-5-10-17/h3-5,9-10,15-16H,6-8,11-14H2,1-2H3. The fourth-order valence-electron chi connectivity index (χ4n) is 3.77. The van der Waals surface area contributed by atoms with Crippen LogP contribution in [0.1, 0.15) is 45.1 Å². The van der Waals surface area contributed by atoms with E-state index < -0.39 is 0 Å². The van der Waals surface area contributed by atoms with E-state index in [0.717, 1.165) is 11.8 Å². The molecule has 2 aliphatic rings. The molecule has 19 heavy (non-hydrogen) atoms. The van der Waals surface area contributed by atoms with Crippen LogP contribution in [0.5, 0.6) is 0 Å². The number of rotatable bonds is 3. The quantitative estimate of drug-likeness (QED) is 0.788. The topological polar surface area (TPSA) is 3.24 Å². The maximum absolute atomic E-state index is 2.72. The Hall–Kier alpha value is -0.820. The van der Waals surface area contributed by atoms with E-state index in [2.05, 4.69) is 49.1 Å². The maximum Gasteiger partial charge on any atom is 0.00156 e. The Kier molecular flexibility index (Phi) is 3.66. The summed E-state index contributed by atoms with van der Waals surface area (Å²) in [5.74, 6) is 1.76. The molecule has 0 spiro atoms. The second-order valence-electron chi connectivity index (χ2n) is 6.99. The van der Waals surface area contributed by atoms with Crippen molar-refractivity contribution in [3.8, 4) is 0 Å². The summed E-state index contributed by atoms with van der Waals surface area (Å²) >= 11 is 0. The minimum atomic E-state index is 0.372. The van der Waals surface area contributed by atoms with Crippen molar-refractivity contribution >= 4 is 0 Å². The molecule has 1 aromatic carbocycles. The fraction of sp³-hybridized carbons (Fsp3) is 0.667. The Labute approximate surface area is 118 Å². The molecule has 2 fully saturated rings. The molecule has 1 aliphatic carbocycles. The Morgan fingerprint density at radius 1 is 1.21 bits per heavy atom. The smallest absolute Gasteiger partial charge is 0.00156 e. The SMILES string of the molecule is CC1CN(CC2CCC2)CCC1(C)c1ccccc1. The second kappa shape index (κ2) is 5.28. The number of benzene rings is 1. The van der Waals surface area contributed by atoms with Gasteiger partial charge in [0.1, 0.15) is 0 Å². The zero-order chi connectivity index (χ0) is 13.3. The molecule has 2 atom stereocenters. The molecule has 1 aromatic rings. The van der Waals surface area contributed by atoms with Crippen LogP contribution in [0.15, 0.2) is 30.3 Å². The van der Waals surface area contributed by atoms with Crippen LogP contribution in [0.25, 0.3) is 0 Å². The highest BCUT2D eigenvalue weighted by atomic mass is 15.1. The van der Waals surface area contributed by atoms with Crippen LogP contribution in [-0.2, 0) is 5.41 Å². The molecule has 1 saturated heterocycles. The summed E-state index contributed by atoms with van der Waals surface area (Å²) in [5.41, 5.74) is 1.91. The molecular weight excluding hydrogens is 230 g/mol. The van der Waals surface area contributed by atoms with Crippen LogP contribution in [0, 0.1) is 11.8 Å². The highest BCUT2D eigenvalue weighted by Crippen LogP contribution is 2.40. The monoisotopic (exact) mass is 257 g/mol. The normalized spacial score (nSPS) is 33.1. The van der Waals surface area contributed by atoms with Gasteiger partial charge in [-0.2, -0.15) is 0 Å². The molecule has 1 saturated carbocycles. The van der Waals surface area contributed by atoms with Crippen LogP contribution in [0.2, 0.25) is 0 Å². The first kappa shape index (κ1) is 13.2. The predicted molar refractivity (Wildman–Crippen MR) is 81.4 cm³/mol. The summed E-state index contributed by atoms with van der Waals surface area (Å²) in [6.07, 6.45) is 5.72. The van der Waals surface area contributed by atoms with Crippen molar-refractivity contribution in [3.63, 3.8) is 0 Å². The van der Waals surface area contributed by atoms with Crippen LogP contribution in [-0.4, -0.2) is 24.5 Å². The van der Waals surface area contributed by atoms with E-state index in [9.17, 15) is 0 Å². The molecule has 0 bridgehead atoms. The Bertz CT molecular complexity index is 409. The van der Waals surface area contributed by atoms with E-state index in [-0.39, 0.29) is 0 Å². The summed E-state index contributed by atoms with van der Waals surface area (Å²) in [7, 11) is 0. The average Bonchev–Trinajstić information content (AvgIpc) is 2.39. The first-order valence-corrected chi connectivity index (χ1v) is 7.96. The van der Waals surface area contributed by atoms with Crippen molar-refractivity contribution in [2.45, 2.75) is 44.9 Å². The molecule has 2 unspecified atom stereocenters. The molecule has 1 heteroatoms. The fourth-order valence-corrected chi connectivity index (χ4v) is 3.77. The maximum atomic E-state index is 2.72. The van der Waals surface area contributed by atoms with Gasteiger partial charge in [0, 0.05) is 13.1 Å². The third kappa shape index (κ3) is 2.58. The molecule has 0 aromatic heterocycles. The van der Waals surface area contributed by atoms with Gasteiger partial charge >= 0.3 is 0 Å². The van der Waals surface area contributed by atoms with Crippen molar-refractivity contribution in [1.29, 1.82) is 0 Å². The van der Waals surface area contributed by atoms with Gasteiger partial charge in [-0.05, 0) is 48.6 Å². The number of piperidine rings is 1. The zero-order valence-electron chi connectivity index (χ0n) is 12.4. The first-order chi connectivity index (χ1) is 9.18. The number of hydrogen-bond donors (Lipinski definition) is 0. The van der Waals surface area contributed by atoms with Gasteiger partial charge in [-0.25, -0.2) is 0 Å². The van der Waals surface area contributed by atoms with E-state index in [1.807, 2.05) is 0 Å². The lowest BCUT2D eigenvalue weighted by atomic mass is 9.68. The van der Waals surface area contributed by atoms with Gasteiger partial charge < -0.3 is 4.90 Å². The van der Waals surface area contributed by atoms with Gasteiger partial charge in [-0.15, -0.1) is 0 Å². The van der Waals surface area contributed by atoms with Gasteiger partial charge in [-0.3, -0.25) is 0 Å². The molecular formula is C18H27N. The van der Waals surface area contributed by atoms with Gasteiger partial charge in [0.05, 0.1) is 0 Å². The lowest BCUT2D eigenvalue weighted by molar-refractivity contribution is 0.0816. The Morgan fingerprint density at radius 3 is 2.53 bits per heavy atom. The summed E-state index contributed by atoms with van der Waals surface area (Å²) in [4.78, 5) is 2.72. The van der Waals surface area contributed by atoms with Crippen LogP contribution < -0.4 is 0 Å². The summed E-state index contributed by atoms with van der Waals surface area (Å²) < 4.78 is 0. The van der Waals surface area contributed by atoms with Gasteiger partial charge in [0.15, 0.2) is 0 Å². The zero-order valence-corrected chi connectivity index (χ0v) is 12.4. The van der Waals surface area contributed by atoms with Crippen molar-refractivity contribution in [2.24, 2.45) is 11.8 Å². The van der Waals surface area contributed by atoms with Gasteiger partial charge in [-0.1, -0.05) is 50.6 Å². The largest absolute Gasteiger partial charge is 0.303 e.